The van der Waals surface area contributed by atoms with Crippen molar-refractivity contribution in [1.29, 1.82) is 0 Å². The van der Waals surface area contributed by atoms with Crippen molar-refractivity contribution in [2.24, 2.45) is 0 Å². The zero-order chi connectivity index (χ0) is 3.41. The highest BCUT2D eigenvalue weighted by Gasteiger charge is 1.30. The van der Waals surface area contributed by atoms with Crippen LogP contribution >= 0.6 is 0 Å². The lowest BCUT2D eigenvalue weighted by Gasteiger charge is -1.35. The third-order valence-corrected chi connectivity index (χ3v) is 0.149. The summed E-state index contributed by atoms with van der Waals surface area (Å²) in [6.07, 6.45) is 1.53. The molecule has 0 unspecified atom stereocenters. The second kappa shape index (κ2) is 2.45. The van der Waals surface area contributed by atoms with E-state index in [9.17, 15) is 0 Å². The Labute approximate surface area is 25.7 Å². The van der Waals surface area contributed by atoms with E-state index in [-0.39, 0.29) is 0 Å². The van der Waals surface area contributed by atoms with Gasteiger partial charge in [-0.1, -0.05) is 0 Å². The Bertz CT molecular complexity index is 41.2. The van der Waals surface area contributed by atoms with Gasteiger partial charge in [-0.25, -0.2) is 0 Å². The molecule has 0 heterocycles. The maximum Gasteiger partial charge on any atom is 0.141 e. The van der Waals surface area contributed by atoms with Gasteiger partial charge < -0.3 is 0 Å². The molecule has 0 rings (SSSR count). The van der Waals surface area contributed by atoms with Crippen LogP contribution in [0.15, 0.2) is 0 Å². The molecule has 22 valence electrons. The molecule has 0 aliphatic heterocycles. The van der Waals surface area contributed by atoms with Gasteiger partial charge >= 0.3 is 0 Å². The van der Waals surface area contributed by atoms with Crippen molar-refractivity contribution in [3.05, 3.63) is 0 Å². The van der Waals surface area contributed by atoms with E-state index < -0.39 is 0 Å². The quantitative estimate of drug-likeness (QED) is 0.205. The normalized spacial score (nSPS) is 4.25. The molecule has 1 heteroatoms. The molecule has 0 bridgehead atoms. The summed E-state index contributed by atoms with van der Waals surface area (Å²) in [4.78, 5) is 0. The first kappa shape index (κ1) is 3.45. The fourth-order valence-electron chi connectivity index (χ4n) is 0. The summed E-state index contributed by atoms with van der Waals surface area (Å²) < 4.78 is 3.11. The minimum Gasteiger partial charge on any atom is -0.299 e. The maximum absolute atomic E-state index is 4.60. The number of hydrogen-bond donors (Lipinski definition) is 0. The van der Waals surface area contributed by atoms with Gasteiger partial charge in [-0.2, -0.15) is 0 Å². The molecule has 0 saturated heterocycles. The van der Waals surface area contributed by atoms with Crippen LogP contribution in [-0.2, 0) is 0 Å². The Morgan fingerprint density at radius 1 is 2.00 bits per heavy atom. The molecule has 0 amide bonds. The molecule has 0 aromatic heterocycles. The van der Waals surface area contributed by atoms with Gasteiger partial charge in [-0.15, -0.1) is 0 Å². The van der Waals surface area contributed by atoms with Gasteiger partial charge in [0.15, 0.2) is 0 Å². The lowest BCUT2D eigenvalue weighted by atomic mass is 10.9. The highest BCUT2D eigenvalue weighted by molar-refractivity contribution is 5.54. The average molecular weight is 55.1 g/mol. The van der Waals surface area contributed by atoms with Crippen LogP contribution in [0.1, 0.15) is 6.92 Å². The van der Waals surface area contributed by atoms with Crippen LogP contribution in [0.25, 0.3) is 0 Å². The third kappa shape index (κ3) is 1.45. The van der Waals surface area contributed by atoms with Gasteiger partial charge in [-0.05, 0) is 6.92 Å². The fraction of sp³-hybridized carbons (Fsp3) is 0.333. The predicted molar refractivity (Wildman–Crippen MR) is 19.9 cm³/mol. The van der Waals surface area contributed by atoms with Crippen molar-refractivity contribution in [2.45, 2.75) is 6.92 Å². The molecule has 0 N–H and O–H groups in total. The summed E-state index contributed by atoms with van der Waals surface area (Å²) in [5.41, 5.74) is 0. The first-order chi connectivity index (χ1) is 1.91. The molecule has 0 saturated carbocycles. The van der Waals surface area contributed by atoms with E-state index in [2.05, 4.69) is 11.4 Å². The molecular weight excluding hydrogens is 50.0 g/mol. The van der Waals surface area contributed by atoms with Crippen LogP contribution in [0.3, 0.4) is 0 Å². The molecule has 1 nitrogen and oxygen atoms in total. The van der Waals surface area contributed by atoms with Crippen LogP contribution in [-0.4, -0.2) is 12.9 Å². The van der Waals surface area contributed by atoms with Gasteiger partial charge in [-0.3, -0.25) is 4.67 Å². The van der Waals surface area contributed by atoms with E-state index in [0.717, 1.165) is 0 Å². The van der Waals surface area contributed by atoms with Gasteiger partial charge in [0.1, 0.15) is 12.9 Å². The van der Waals surface area contributed by atoms with E-state index in [0.29, 0.717) is 0 Å². The average Bonchev–Trinajstić information content (AvgIpc) is 1.37. The molecule has 4 heavy (non-hydrogen) atoms. The Balaban J connectivity index is 3.11. The van der Waals surface area contributed by atoms with Gasteiger partial charge in [0.05, 0.1) is 0 Å². The minimum absolute atomic E-state index is 1.53. The Kier molecular flexibility index (Phi) is 2.11. The summed E-state index contributed by atoms with van der Waals surface area (Å²) in [6, 6.07) is 0. The summed E-state index contributed by atoms with van der Waals surface area (Å²) in [5.74, 6) is 0. The summed E-state index contributed by atoms with van der Waals surface area (Å²) >= 11 is 0. The Morgan fingerprint density at radius 2 is 2.25 bits per heavy atom. The zero-order valence-electron chi connectivity index (χ0n) is 2.60. The van der Waals surface area contributed by atoms with Crippen LogP contribution in [0.2, 0.25) is 0 Å². The summed E-state index contributed by atoms with van der Waals surface area (Å²) in [5, 5.41) is 0. The van der Waals surface area contributed by atoms with Crippen molar-refractivity contribution in [1.82, 2.24) is 4.67 Å². The fourth-order valence-corrected chi connectivity index (χ4v) is 0. The molecule has 0 aliphatic rings. The minimum atomic E-state index is 1.53. The first-order valence-electron chi connectivity index (χ1n) is 1.09. The van der Waals surface area contributed by atoms with Gasteiger partial charge in [0.25, 0.3) is 0 Å². The second-order valence-electron chi connectivity index (χ2n) is 0.407. The first-order valence-corrected chi connectivity index (χ1v) is 1.09. The molecule has 0 aromatic rings. The highest BCUT2D eigenvalue weighted by Crippen LogP contribution is 1.13. The summed E-state index contributed by atoms with van der Waals surface area (Å²) in [6.45, 7) is 6.36. The zero-order valence-corrected chi connectivity index (χ0v) is 2.60. The Morgan fingerprint density at radius 3 is 2.25 bits per heavy atom. The molecule has 0 radical (unpaired) electrons. The lowest BCUT2D eigenvalue weighted by molar-refractivity contribution is 1.73. The second-order valence-corrected chi connectivity index (χ2v) is 0.407. The van der Waals surface area contributed by atoms with Crippen LogP contribution in [0.4, 0.5) is 0 Å². The number of hydrogen-bond acceptors (Lipinski definition) is 0. The Hall–Kier alpha value is -0.550. The highest BCUT2D eigenvalue weighted by atomic mass is 14.5. The SMILES string of the molecule is [CH-]=[N+]=CC. The standard InChI is InChI=1S/C3H5N/c1-3-4-2/h2-3H,1H3. The smallest absolute Gasteiger partial charge is 0.141 e. The van der Waals surface area contributed by atoms with Crippen LogP contribution < -0.4 is 4.67 Å². The topological polar surface area (TPSA) is 14.1 Å². The third-order valence-electron chi connectivity index (χ3n) is 0.149. The van der Waals surface area contributed by atoms with Crippen molar-refractivity contribution in [3.63, 3.8) is 0 Å². The lowest BCUT2D eigenvalue weighted by Crippen LogP contribution is -1.57. The maximum atomic E-state index is 4.60. The number of rotatable bonds is 0. The van der Waals surface area contributed by atoms with E-state index in [1.54, 1.807) is 6.92 Å². The van der Waals surface area contributed by atoms with Gasteiger partial charge in [0, 0.05) is 0 Å². The molecule has 0 fully saturated rings. The van der Waals surface area contributed by atoms with Crippen LogP contribution in [0.5, 0.6) is 0 Å². The molecule has 0 atom stereocenters. The van der Waals surface area contributed by atoms with Crippen molar-refractivity contribution in [3.8, 4) is 0 Å². The van der Waals surface area contributed by atoms with E-state index in [4.69, 9.17) is 0 Å². The molecular formula is C3H5N. The van der Waals surface area contributed by atoms with Crippen LogP contribution in [0, 0.1) is 0 Å². The van der Waals surface area contributed by atoms with E-state index in [1.165, 1.54) is 6.21 Å². The van der Waals surface area contributed by atoms with E-state index >= 15 is 0 Å². The van der Waals surface area contributed by atoms with Crippen molar-refractivity contribution in [2.75, 3.05) is 0 Å². The van der Waals surface area contributed by atoms with E-state index in [1.807, 2.05) is 0 Å². The van der Waals surface area contributed by atoms with Crippen molar-refractivity contribution < 1.29 is 0 Å². The van der Waals surface area contributed by atoms with Crippen molar-refractivity contribution >= 4 is 12.9 Å². The number of nitrogens with zero attached hydrogens (tertiary/aromatic N) is 1. The largest absolute Gasteiger partial charge is 0.299 e. The molecule has 0 aliphatic carbocycles. The monoisotopic (exact) mass is 55.0 g/mol. The molecule has 0 spiro atoms. The predicted octanol–water partition coefficient (Wildman–Crippen LogP) is -0.278. The van der Waals surface area contributed by atoms with Gasteiger partial charge in [0.2, 0.25) is 0 Å². The summed E-state index contributed by atoms with van der Waals surface area (Å²) in [7, 11) is 0. The molecule has 0 aromatic carbocycles.